The Morgan fingerprint density at radius 1 is 1.35 bits per heavy atom. The van der Waals surface area contributed by atoms with E-state index < -0.39 is 0 Å². The summed E-state index contributed by atoms with van der Waals surface area (Å²) in [6, 6.07) is 9.56. The van der Waals surface area contributed by atoms with Gasteiger partial charge in [-0.25, -0.2) is 10.4 Å². The highest BCUT2D eigenvalue weighted by atomic mass is 32.1. The van der Waals surface area contributed by atoms with Crippen LogP contribution < -0.4 is 10.7 Å². The highest BCUT2D eigenvalue weighted by Crippen LogP contribution is 2.19. The Hall–Kier alpha value is -2.67. The molecule has 118 valence electrons. The van der Waals surface area contributed by atoms with E-state index in [9.17, 15) is 4.79 Å². The van der Waals surface area contributed by atoms with Crippen molar-refractivity contribution < 1.29 is 4.79 Å². The van der Waals surface area contributed by atoms with Crippen molar-refractivity contribution in [3.8, 4) is 0 Å². The number of amides is 1. The molecule has 0 aliphatic heterocycles. The summed E-state index contributed by atoms with van der Waals surface area (Å²) in [7, 11) is 0. The van der Waals surface area contributed by atoms with E-state index >= 15 is 0 Å². The summed E-state index contributed by atoms with van der Waals surface area (Å²) in [6.07, 6.45) is 1.63. The van der Waals surface area contributed by atoms with Gasteiger partial charge in [-0.15, -0.1) is 11.3 Å². The number of nitrogens with one attached hydrogen (secondary N) is 2. The zero-order chi connectivity index (χ0) is 16.2. The molecule has 3 aromatic rings. The minimum absolute atomic E-state index is 0.166. The number of aryl methyl sites for hydroxylation is 2. The zero-order valence-electron chi connectivity index (χ0n) is 12.9. The molecule has 3 rings (SSSR count). The molecular formula is C16H17N5OS. The molecule has 0 unspecified atom stereocenters. The lowest BCUT2D eigenvalue weighted by Gasteiger charge is -2.04. The molecule has 0 spiro atoms. The van der Waals surface area contributed by atoms with Gasteiger partial charge in [0.1, 0.15) is 0 Å². The number of para-hydroxylation sites is 1. The van der Waals surface area contributed by atoms with Crippen LogP contribution >= 0.6 is 11.3 Å². The summed E-state index contributed by atoms with van der Waals surface area (Å²) in [5, 5.41) is 9.11. The molecule has 0 radical (unpaired) electrons. The number of carbonyl (C=O) groups is 1. The van der Waals surface area contributed by atoms with Gasteiger partial charge in [0.2, 0.25) is 0 Å². The lowest BCUT2D eigenvalue weighted by atomic mass is 10.3. The number of aromatic nitrogens is 2. The number of thiazole rings is 1. The first-order chi connectivity index (χ1) is 11.1. The van der Waals surface area contributed by atoms with Gasteiger partial charge in [-0.05, 0) is 26.0 Å². The van der Waals surface area contributed by atoms with E-state index in [0.29, 0.717) is 0 Å². The summed E-state index contributed by atoms with van der Waals surface area (Å²) in [5.41, 5.74) is 6.30. The normalized spacial score (nSPS) is 11.2. The molecule has 1 amide bonds. The molecule has 23 heavy (non-hydrogen) atoms. The first-order valence-electron chi connectivity index (χ1n) is 7.19. The fraction of sp³-hybridized carbons (Fsp3) is 0.188. The van der Waals surface area contributed by atoms with Crippen LogP contribution in [0.4, 0.5) is 5.69 Å². The number of rotatable bonds is 5. The molecule has 0 saturated heterocycles. The van der Waals surface area contributed by atoms with Gasteiger partial charge in [0, 0.05) is 16.8 Å². The average Bonchev–Trinajstić information content (AvgIpc) is 3.06. The Labute approximate surface area is 137 Å². The van der Waals surface area contributed by atoms with E-state index in [-0.39, 0.29) is 12.5 Å². The molecule has 0 aliphatic rings. The van der Waals surface area contributed by atoms with E-state index in [1.807, 2.05) is 54.0 Å². The van der Waals surface area contributed by atoms with Gasteiger partial charge in [-0.1, -0.05) is 18.2 Å². The van der Waals surface area contributed by atoms with Crippen LogP contribution in [0.15, 0.2) is 40.8 Å². The first-order valence-corrected chi connectivity index (χ1v) is 8.07. The SMILES string of the molecule is Cc1nc2scc(C)n2c1/C=N\NC(=O)CNc1ccccc1. The van der Waals surface area contributed by atoms with Crippen LogP contribution in [-0.4, -0.2) is 28.1 Å². The third kappa shape index (κ3) is 3.40. The molecule has 2 heterocycles. The maximum absolute atomic E-state index is 11.8. The Kier molecular flexibility index (Phi) is 4.38. The summed E-state index contributed by atoms with van der Waals surface area (Å²) < 4.78 is 2.03. The molecule has 0 bridgehead atoms. The number of nitrogens with zero attached hydrogens (tertiary/aromatic N) is 3. The van der Waals surface area contributed by atoms with Crippen LogP contribution in [-0.2, 0) is 4.79 Å². The van der Waals surface area contributed by atoms with Gasteiger partial charge < -0.3 is 5.32 Å². The van der Waals surface area contributed by atoms with Gasteiger partial charge in [-0.3, -0.25) is 9.20 Å². The van der Waals surface area contributed by atoms with Crippen LogP contribution in [0, 0.1) is 13.8 Å². The van der Waals surface area contributed by atoms with Crippen LogP contribution in [0.1, 0.15) is 17.1 Å². The molecule has 2 aromatic heterocycles. The van der Waals surface area contributed by atoms with Crippen LogP contribution in [0.5, 0.6) is 0 Å². The van der Waals surface area contributed by atoms with E-state index in [2.05, 4.69) is 20.8 Å². The molecular weight excluding hydrogens is 310 g/mol. The van der Waals surface area contributed by atoms with Crippen LogP contribution in [0.25, 0.3) is 4.96 Å². The second-order valence-corrected chi connectivity index (χ2v) is 5.93. The number of fused-ring (bicyclic) bond motifs is 1. The smallest absolute Gasteiger partial charge is 0.259 e. The molecule has 1 aromatic carbocycles. The second-order valence-electron chi connectivity index (χ2n) is 5.09. The number of anilines is 1. The number of hydrogen-bond donors (Lipinski definition) is 2. The minimum Gasteiger partial charge on any atom is -0.376 e. The Morgan fingerprint density at radius 2 is 2.13 bits per heavy atom. The molecule has 6 nitrogen and oxygen atoms in total. The van der Waals surface area contributed by atoms with E-state index in [0.717, 1.165) is 27.7 Å². The van der Waals surface area contributed by atoms with Crippen molar-refractivity contribution in [1.82, 2.24) is 14.8 Å². The third-order valence-corrected chi connectivity index (χ3v) is 4.30. The molecule has 0 atom stereocenters. The minimum atomic E-state index is -0.203. The largest absolute Gasteiger partial charge is 0.376 e. The molecule has 7 heteroatoms. The molecule has 0 fully saturated rings. The third-order valence-electron chi connectivity index (χ3n) is 3.36. The summed E-state index contributed by atoms with van der Waals surface area (Å²) in [5.74, 6) is -0.203. The molecule has 0 aliphatic carbocycles. The number of hydrazone groups is 1. The Balaban J connectivity index is 1.60. The number of benzene rings is 1. The predicted octanol–water partition coefficient (Wildman–Crippen LogP) is 2.57. The fourth-order valence-corrected chi connectivity index (χ4v) is 3.14. The Bertz CT molecular complexity index is 850. The van der Waals surface area contributed by atoms with Crippen molar-refractivity contribution in [1.29, 1.82) is 0 Å². The van der Waals surface area contributed by atoms with Gasteiger partial charge in [0.05, 0.1) is 24.1 Å². The second kappa shape index (κ2) is 6.62. The van der Waals surface area contributed by atoms with Crippen molar-refractivity contribution in [2.24, 2.45) is 5.10 Å². The lowest BCUT2D eigenvalue weighted by molar-refractivity contribution is -0.119. The summed E-state index contributed by atoms with van der Waals surface area (Å²) in [4.78, 5) is 17.2. The monoisotopic (exact) mass is 327 g/mol. The number of imidazole rings is 1. The maximum atomic E-state index is 11.8. The summed E-state index contributed by atoms with van der Waals surface area (Å²) in [6.45, 7) is 4.11. The number of hydrogen-bond acceptors (Lipinski definition) is 5. The highest BCUT2D eigenvalue weighted by molar-refractivity contribution is 7.15. The van der Waals surface area contributed by atoms with Crippen molar-refractivity contribution in [3.05, 3.63) is 52.8 Å². The van der Waals surface area contributed by atoms with Gasteiger partial charge in [-0.2, -0.15) is 5.10 Å². The standard InChI is InChI=1S/C16H17N5OS/c1-11-10-23-16-19-12(2)14(21(11)16)8-18-20-15(22)9-17-13-6-4-3-5-7-13/h3-8,10,17H,9H2,1-2H3,(H,20,22)/b18-8-. The van der Waals surface area contributed by atoms with Gasteiger partial charge >= 0.3 is 0 Å². The van der Waals surface area contributed by atoms with E-state index in [1.165, 1.54) is 0 Å². The topological polar surface area (TPSA) is 70.8 Å². The van der Waals surface area contributed by atoms with Crippen molar-refractivity contribution in [2.45, 2.75) is 13.8 Å². The first kappa shape index (κ1) is 15.2. The van der Waals surface area contributed by atoms with Gasteiger partial charge in [0.15, 0.2) is 4.96 Å². The fourth-order valence-electron chi connectivity index (χ4n) is 2.22. The summed E-state index contributed by atoms with van der Waals surface area (Å²) >= 11 is 1.59. The zero-order valence-corrected chi connectivity index (χ0v) is 13.7. The predicted molar refractivity (Wildman–Crippen MR) is 93.2 cm³/mol. The van der Waals surface area contributed by atoms with Crippen molar-refractivity contribution in [3.63, 3.8) is 0 Å². The quantitative estimate of drug-likeness (QED) is 0.559. The molecule has 2 N–H and O–H groups in total. The maximum Gasteiger partial charge on any atom is 0.259 e. The van der Waals surface area contributed by atoms with E-state index in [1.54, 1.807) is 17.6 Å². The Morgan fingerprint density at radius 3 is 2.91 bits per heavy atom. The average molecular weight is 327 g/mol. The van der Waals surface area contributed by atoms with E-state index in [4.69, 9.17) is 0 Å². The van der Waals surface area contributed by atoms with Crippen LogP contribution in [0.2, 0.25) is 0 Å². The lowest BCUT2D eigenvalue weighted by Crippen LogP contribution is -2.25. The van der Waals surface area contributed by atoms with Gasteiger partial charge in [0.25, 0.3) is 5.91 Å². The highest BCUT2D eigenvalue weighted by Gasteiger charge is 2.10. The molecule has 0 saturated carbocycles. The number of carbonyl (C=O) groups excluding carboxylic acids is 1. The van der Waals surface area contributed by atoms with Crippen molar-refractivity contribution >= 4 is 34.1 Å². The van der Waals surface area contributed by atoms with Crippen molar-refractivity contribution in [2.75, 3.05) is 11.9 Å². The van der Waals surface area contributed by atoms with Crippen LogP contribution in [0.3, 0.4) is 0 Å².